The first-order valence-corrected chi connectivity index (χ1v) is 11.7. The maximum absolute atomic E-state index is 13.6. The SMILES string of the molecule is CCOC(=O)N1c2ccc(C(F)(F)F)cc2C(C(NC)c2cc(C(F)(F)F)cc(C(F)(F)F)c2)CC1CC. The number of carbonyl (C=O) groups is 1. The summed E-state index contributed by atoms with van der Waals surface area (Å²) in [5.74, 6) is -1.02. The fourth-order valence-electron chi connectivity index (χ4n) is 4.83. The lowest BCUT2D eigenvalue weighted by Gasteiger charge is -2.43. The van der Waals surface area contributed by atoms with Gasteiger partial charge in [-0.25, -0.2) is 4.79 Å². The second-order valence-electron chi connectivity index (χ2n) is 8.85. The Morgan fingerprint density at radius 3 is 1.92 bits per heavy atom. The van der Waals surface area contributed by atoms with Crippen molar-refractivity contribution >= 4 is 11.8 Å². The highest BCUT2D eigenvalue weighted by molar-refractivity contribution is 5.90. The Hall–Kier alpha value is -2.96. The predicted octanol–water partition coefficient (Wildman–Crippen LogP) is 7.93. The maximum atomic E-state index is 13.6. The molecule has 0 saturated heterocycles. The van der Waals surface area contributed by atoms with Crippen LogP contribution in [0.25, 0.3) is 0 Å². The van der Waals surface area contributed by atoms with Crippen LogP contribution in [0.3, 0.4) is 0 Å². The molecular formula is C25H25F9N2O2. The van der Waals surface area contributed by atoms with Crippen LogP contribution < -0.4 is 10.2 Å². The summed E-state index contributed by atoms with van der Waals surface area (Å²) in [5.41, 5.74) is -4.56. The number of amides is 1. The zero-order valence-electron chi connectivity index (χ0n) is 20.5. The van der Waals surface area contributed by atoms with Gasteiger partial charge in [0.05, 0.1) is 29.0 Å². The van der Waals surface area contributed by atoms with Crippen LogP contribution in [0, 0.1) is 0 Å². The van der Waals surface area contributed by atoms with Crippen LogP contribution in [0.5, 0.6) is 0 Å². The molecule has 0 aromatic heterocycles. The van der Waals surface area contributed by atoms with Gasteiger partial charge >= 0.3 is 24.6 Å². The quantitative estimate of drug-likeness (QED) is 0.381. The van der Waals surface area contributed by atoms with E-state index in [-0.39, 0.29) is 30.3 Å². The minimum Gasteiger partial charge on any atom is -0.449 e. The summed E-state index contributed by atoms with van der Waals surface area (Å²) in [5, 5.41) is 2.71. The van der Waals surface area contributed by atoms with Crippen molar-refractivity contribution < 1.29 is 49.0 Å². The van der Waals surface area contributed by atoms with E-state index in [1.165, 1.54) is 11.9 Å². The first-order valence-electron chi connectivity index (χ1n) is 11.7. The number of ether oxygens (including phenoxy) is 1. The number of hydrogen-bond acceptors (Lipinski definition) is 3. The molecule has 0 bridgehead atoms. The highest BCUT2D eigenvalue weighted by atomic mass is 19.4. The standard InChI is InChI=1S/C25H25F9N2O2/c1-4-17-12-19(18-11-14(23(26,27)28)6-7-20(18)36(17)22(37)38-5-2)21(35-3)13-8-15(24(29,30)31)10-16(9-13)25(32,33)34/h6-11,17,19,21,35H,4-5,12H2,1-3H3. The molecule has 1 aliphatic rings. The first kappa shape index (κ1) is 29.6. The average molecular weight is 556 g/mol. The van der Waals surface area contributed by atoms with Crippen LogP contribution in [0.1, 0.15) is 66.5 Å². The Labute approximate surface area is 212 Å². The first-order chi connectivity index (χ1) is 17.5. The summed E-state index contributed by atoms with van der Waals surface area (Å²) < 4.78 is 127. The van der Waals surface area contributed by atoms with Gasteiger partial charge in [-0.15, -0.1) is 0 Å². The number of anilines is 1. The number of benzene rings is 2. The van der Waals surface area contributed by atoms with E-state index in [0.29, 0.717) is 18.6 Å². The average Bonchev–Trinajstić information content (AvgIpc) is 2.82. The molecule has 1 N–H and O–H groups in total. The van der Waals surface area contributed by atoms with Gasteiger partial charge in [0.1, 0.15) is 0 Å². The Morgan fingerprint density at radius 1 is 0.921 bits per heavy atom. The van der Waals surface area contributed by atoms with Crippen molar-refractivity contribution in [1.29, 1.82) is 0 Å². The van der Waals surface area contributed by atoms with E-state index in [0.717, 1.165) is 18.2 Å². The van der Waals surface area contributed by atoms with Gasteiger partial charge in [-0.3, -0.25) is 4.90 Å². The third kappa shape index (κ3) is 6.02. The van der Waals surface area contributed by atoms with E-state index < -0.39 is 64.9 Å². The number of hydrogen-bond donors (Lipinski definition) is 1. The van der Waals surface area contributed by atoms with E-state index >= 15 is 0 Å². The number of nitrogens with one attached hydrogen (secondary N) is 1. The molecule has 0 saturated carbocycles. The monoisotopic (exact) mass is 556 g/mol. The Morgan fingerprint density at radius 2 is 1.47 bits per heavy atom. The van der Waals surface area contributed by atoms with Crippen molar-refractivity contribution in [3.8, 4) is 0 Å². The van der Waals surface area contributed by atoms with Gasteiger partial charge in [-0.2, -0.15) is 39.5 Å². The smallest absolute Gasteiger partial charge is 0.416 e. The molecule has 0 aliphatic carbocycles. The molecule has 4 nitrogen and oxygen atoms in total. The van der Waals surface area contributed by atoms with Crippen LogP contribution in [0.2, 0.25) is 0 Å². The van der Waals surface area contributed by atoms with Gasteiger partial charge in [0.15, 0.2) is 0 Å². The molecule has 1 heterocycles. The second kappa shape index (κ2) is 10.7. The Bertz CT molecular complexity index is 1130. The van der Waals surface area contributed by atoms with Crippen molar-refractivity contribution in [2.75, 3.05) is 18.6 Å². The number of halogens is 9. The fraction of sp³-hybridized carbons (Fsp3) is 0.480. The summed E-state index contributed by atoms with van der Waals surface area (Å²) >= 11 is 0. The molecule has 3 atom stereocenters. The van der Waals surface area contributed by atoms with Crippen LogP contribution >= 0.6 is 0 Å². The molecule has 38 heavy (non-hydrogen) atoms. The molecular weight excluding hydrogens is 531 g/mol. The minimum atomic E-state index is -5.10. The molecule has 0 spiro atoms. The number of alkyl halides is 9. The largest absolute Gasteiger partial charge is 0.449 e. The van der Waals surface area contributed by atoms with Crippen molar-refractivity contribution in [1.82, 2.24) is 5.32 Å². The third-order valence-corrected chi connectivity index (χ3v) is 6.52. The molecule has 13 heteroatoms. The summed E-state index contributed by atoms with van der Waals surface area (Å²) in [6.45, 7) is 3.22. The van der Waals surface area contributed by atoms with E-state index in [2.05, 4.69) is 5.32 Å². The van der Waals surface area contributed by atoms with Gasteiger partial charge in [0, 0.05) is 18.0 Å². The van der Waals surface area contributed by atoms with Gasteiger partial charge in [-0.05, 0) is 74.3 Å². The number of nitrogens with zero attached hydrogens (tertiary/aromatic N) is 1. The summed E-state index contributed by atoms with van der Waals surface area (Å²) in [7, 11) is 1.30. The molecule has 210 valence electrons. The fourth-order valence-corrected chi connectivity index (χ4v) is 4.83. The van der Waals surface area contributed by atoms with Gasteiger partial charge in [0.25, 0.3) is 0 Å². The molecule has 2 aromatic rings. The highest BCUT2D eigenvalue weighted by Crippen LogP contribution is 2.48. The molecule has 2 aromatic carbocycles. The lowest BCUT2D eigenvalue weighted by atomic mass is 9.77. The topological polar surface area (TPSA) is 41.6 Å². The van der Waals surface area contributed by atoms with E-state index in [1.807, 2.05) is 0 Å². The summed E-state index contributed by atoms with van der Waals surface area (Å²) in [6, 6.07) is 1.83. The zero-order valence-corrected chi connectivity index (χ0v) is 20.5. The van der Waals surface area contributed by atoms with E-state index in [1.54, 1.807) is 13.8 Å². The highest BCUT2D eigenvalue weighted by Gasteiger charge is 2.43. The van der Waals surface area contributed by atoms with Crippen LogP contribution in [-0.2, 0) is 23.3 Å². The minimum absolute atomic E-state index is 0.00979. The third-order valence-electron chi connectivity index (χ3n) is 6.52. The molecule has 1 aliphatic heterocycles. The summed E-state index contributed by atoms with van der Waals surface area (Å²) in [4.78, 5) is 13.9. The molecule has 0 fully saturated rings. The van der Waals surface area contributed by atoms with Crippen LogP contribution in [0.4, 0.5) is 50.0 Å². The molecule has 3 unspecified atom stereocenters. The van der Waals surface area contributed by atoms with Crippen LogP contribution in [0.15, 0.2) is 36.4 Å². The van der Waals surface area contributed by atoms with Crippen molar-refractivity contribution in [2.24, 2.45) is 0 Å². The lowest BCUT2D eigenvalue weighted by Crippen LogP contribution is -2.46. The summed E-state index contributed by atoms with van der Waals surface area (Å²) in [6.07, 6.45) is -15.6. The van der Waals surface area contributed by atoms with Crippen molar-refractivity contribution in [3.05, 3.63) is 64.2 Å². The molecule has 1 amide bonds. The zero-order chi connectivity index (χ0) is 28.6. The van der Waals surface area contributed by atoms with E-state index in [9.17, 15) is 44.3 Å². The number of fused-ring (bicyclic) bond motifs is 1. The molecule has 0 radical (unpaired) electrons. The number of carbonyl (C=O) groups excluding carboxylic acids is 1. The predicted molar refractivity (Wildman–Crippen MR) is 121 cm³/mol. The Balaban J connectivity index is 2.27. The van der Waals surface area contributed by atoms with Crippen molar-refractivity contribution in [2.45, 2.75) is 63.2 Å². The second-order valence-corrected chi connectivity index (χ2v) is 8.85. The van der Waals surface area contributed by atoms with Gasteiger partial charge in [-0.1, -0.05) is 6.92 Å². The number of likely N-dealkylation sites (N-methyl/N-ethyl adjacent to an activating group) is 1. The normalized spacial score (nSPS) is 19.2. The Kier molecular flexibility index (Phi) is 8.30. The van der Waals surface area contributed by atoms with Gasteiger partial charge in [0.2, 0.25) is 0 Å². The lowest BCUT2D eigenvalue weighted by molar-refractivity contribution is -0.143. The van der Waals surface area contributed by atoms with Crippen LogP contribution in [-0.4, -0.2) is 25.8 Å². The van der Waals surface area contributed by atoms with Crippen molar-refractivity contribution in [3.63, 3.8) is 0 Å². The maximum Gasteiger partial charge on any atom is 0.416 e. The van der Waals surface area contributed by atoms with Gasteiger partial charge < -0.3 is 10.1 Å². The number of rotatable bonds is 5. The molecule has 3 rings (SSSR count). The van der Waals surface area contributed by atoms with E-state index in [4.69, 9.17) is 4.74 Å².